The lowest BCUT2D eigenvalue weighted by atomic mass is 9.85. The molecular formula is C18H23NO2. The van der Waals surface area contributed by atoms with E-state index >= 15 is 0 Å². The number of rotatable bonds is 5. The zero-order valence-corrected chi connectivity index (χ0v) is 12.6. The smallest absolute Gasteiger partial charge is 0.407 e. The highest BCUT2D eigenvalue weighted by molar-refractivity contribution is 5.67. The van der Waals surface area contributed by atoms with Gasteiger partial charge in [0, 0.05) is 6.54 Å². The van der Waals surface area contributed by atoms with Gasteiger partial charge in [-0.15, -0.1) is 0 Å². The fourth-order valence-corrected chi connectivity index (χ4v) is 2.46. The minimum atomic E-state index is -0.359. The van der Waals surface area contributed by atoms with Crippen molar-refractivity contribution in [1.29, 1.82) is 0 Å². The molecule has 1 aromatic rings. The summed E-state index contributed by atoms with van der Waals surface area (Å²) in [4.78, 5) is 11.7. The molecule has 0 bridgehead atoms. The highest BCUT2D eigenvalue weighted by atomic mass is 16.5. The lowest BCUT2D eigenvalue weighted by molar-refractivity contribution is 0.140. The second kappa shape index (κ2) is 7.67. The van der Waals surface area contributed by atoms with Crippen molar-refractivity contribution in [2.24, 2.45) is 5.92 Å². The van der Waals surface area contributed by atoms with Gasteiger partial charge in [0.05, 0.1) is 0 Å². The van der Waals surface area contributed by atoms with Crippen molar-refractivity contribution in [3.05, 3.63) is 59.7 Å². The Kier molecular flexibility index (Phi) is 5.61. The molecule has 21 heavy (non-hydrogen) atoms. The van der Waals surface area contributed by atoms with E-state index in [0.717, 1.165) is 24.8 Å². The molecule has 0 radical (unpaired) electrons. The van der Waals surface area contributed by atoms with Crippen LogP contribution < -0.4 is 5.32 Å². The molecule has 1 amide bonds. The van der Waals surface area contributed by atoms with Crippen LogP contribution in [-0.4, -0.2) is 12.6 Å². The Labute approximate surface area is 126 Å². The molecule has 0 saturated heterocycles. The minimum Gasteiger partial charge on any atom is -0.445 e. The number of carbonyl (C=O) groups excluding carboxylic acids is 1. The van der Waals surface area contributed by atoms with E-state index in [9.17, 15) is 4.79 Å². The van der Waals surface area contributed by atoms with Crippen LogP contribution in [0.2, 0.25) is 0 Å². The molecule has 0 unspecified atom stereocenters. The van der Waals surface area contributed by atoms with Gasteiger partial charge < -0.3 is 10.1 Å². The van der Waals surface area contributed by atoms with Gasteiger partial charge in [-0.3, -0.25) is 0 Å². The van der Waals surface area contributed by atoms with Gasteiger partial charge >= 0.3 is 6.09 Å². The van der Waals surface area contributed by atoms with E-state index < -0.39 is 0 Å². The van der Waals surface area contributed by atoms with Crippen LogP contribution in [0.4, 0.5) is 4.79 Å². The van der Waals surface area contributed by atoms with Crippen molar-refractivity contribution in [3.8, 4) is 0 Å². The number of allylic oxidation sites excluding steroid dienone is 2. The number of carbonyl (C=O) groups is 1. The van der Waals surface area contributed by atoms with Crippen LogP contribution in [0.1, 0.15) is 31.7 Å². The average molecular weight is 285 g/mol. The fraction of sp³-hybridized carbons (Fsp3) is 0.389. The highest BCUT2D eigenvalue weighted by Gasteiger charge is 2.15. The normalized spacial score (nSPS) is 17.8. The standard InChI is InChI=1S/C18H23NO2/c1-14(2)17-10-8-15(9-11-17)12-19-18(20)21-13-16-6-4-3-5-7-16/h3-8,17H,1,9-13H2,2H3,(H,19,20)/t17-/m1/s1. The molecule has 0 spiro atoms. The van der Waals surface area contributed by atoms with E-state index in [4.69, 9.17) is 4.74 Å². The number of hydrogen-bond acceptors (Lipinski definition) is 2. The first-order valence-electron chi connectivity index (χ1n) is 7.43. The number of alkyl carbamates (subject to hydrolysis) is 1. The molecule has 1 aromatic carbocycles. The Morgan fingerprint density at radius 1 is 1.38 bits per heavy atom. The summed E-state index contributed by atoms with van der Waals surface area (Å²) in [5.41, 5.74) is 3.53. The van der Waals surface area contributed by atoms with Crippen LogP contribution in [0.25, 0.3) is 0 Å². The van der Waals surface area contributed by atoms with Gasteiger partial charge in [-0.25, -0.2) is 4.79 Å². The summed E-state index contributed by atoms with van der Waals surface area (Å²) in [7, 11) is 0. The topological polar surface area (TPSA) is 38.3 Å². The van der Waals surface area contributed by atoms with Gasteiger partial charge in [-0.05, 0) is 37.7 Å². The van der Waals surface area contributed by atoms with Crippen LogP contribution in [0.3, 0.4) is 0 Å². The quantitative estimate of drug-likeness (QED) is 0.823. The van der Waals surface area contributed by atoms with Crippen molar-refractivity contribution >= 4 is 6.09 Å². The van der Waals surface area contributed by atoms with Gasteiger partial charge in [-0.1, -0.05) is 54.1 Å². The third-order valence-corrected chi connectivity index (χ3v) is 3.87. The number of amides is 1. The molecule has 2 rings (SSSR count). The van der Waals surface area contributed by atoms with Gasteiger partial charge in [0.2, 0.25) is 0 Å². The van der Waals surface area contributed by atoms with Crippen LogP contribution in [-0.2, 0) is 11.3 Å². The first-order valence-corrected chi connectivity index (χ1v) is 7.43. The largest absolute Gasteiger partial charge is 0.445 e. The minimum absolute atomic E-state index is 0.309. The third kappa shape index (κ3) is 5.10. The lowest BCUT2D eigenvalue weighted by Gasteiger charge is -2.22. The zero-order valence-electron chi connectivity index (χ0n) is 12.6. The van der Waals surface area contributed by atoms with Gasteiger partial charge in [0.1, 0.15) is 6.61 Å². The van der Waals surface area contributed by atoms with Crippen molar-refractivity contribution < 1.29 is 9.53 Å². The van der Waals surface area contributed by atoms with E-state index in [-0.39, 0.29) is 6.09 Å². The Morgan fingerprint density at radius 3 is 2.76 bits per heavy atom. The highest BCUT2D eigenvalue weighted by Crippen LogP contribution is 2.27. The summed E-state index contributed by atoms with van der Waals surface area (Å²) in [5.74, 6) is 0.596. The first-order chi connectivity index (χ1) is 10.1. The predicted molar refractivity (Wildman–Crippen MR) is 84.9 cm³/mol. The Balaban J connectivity index is 1.69. The van der Waals surface area contributed by atoms with Crippen molar-refractivity contribution in [2.75, 3.05) is 6.54 Å². The number of nitrogens with one attached hydrogen (secondary N) is 1. The fourth-order valence-electron chi connectivity index (χ4n) is 2.46. The maximum absolute atomic E-state index is 11.7. The molecule has 0 aliphatic heterocycles. The molecule has 0 aromatic heterocycles. The number of hydrogen-bond donors (Lipinski definition) is 1. The summed E-state index contributed by atoms with van der Waals surface area (Å²) in [6, 6.07) is 9.68. The molecule has 1 atom stereocenters. The first kappa shape index (κ1) is 15.4. The summed E-state index contributed by atoms with van der Waals surface area (Å²) in [6.45, 7) is 6.99. The van der Waals surface area contributed by atoms with E-state index in [0.29, 0.717) is 19.1 Å². The van der Waals surface area contributed by atoms with Crippen LogP contribution in [0.5, 0.6) is 0 Å². The Morgan fingerprint density at radius 2 is 2.14 bits per heavy atom. The van der Waals surface area contributed by atoms with Crippen LogP contribution in [0.15, 0.2) is 54.1 Å². The number of benzene rings is 1. The Bertz CT molecular complexity index is 519. The molecule has 1 aliphatic rings. The molecule has 3 heteroatoms. The molecular weight excluding hydrogens is 262 g/mol. The van der Waals surface area contributed by atoms with Crippen LogP contribution in [0, 0.1) is 5.92 Å². The molecule has 112 valence electrons. The van der Waals surface area contributed by atoms with Crippen molar-refractivity contribution in [1.82, 2.24) is 5.32 Å². The van der Waals surface area contributed by atoms with E-state index in [1.165, 1.54) is 11.1 Å². The number of ether oxygens (including phenoxy) is 1. The Hall–Kier alpha value is -2.03. The van der Waals surface area contributed by atoms with Crippen molar-refractivity contribution in [3.63, 3.8) is 0 Å². The van der Waals surface area contributed by atoms with Gasteiger partial charge in [0.15, 0.2) is 0 Å². The summed E-state index contributed by atoms with van der Waals surface area (Å²) in [6.07, 6.45) is 5.05. The molecule has 0 heterocycles. The van der Waals surface area contributed by atoms with E-state index in [1.807, 2.05) is 30.3 Å². The summed E-state index contributed by atoms with van der Waals surface area (Å²) < 4.78 is 5.19. The second-order valence-corrected chi connectivity index (χ2v) is 5.60. The lowest BCUT2D eigenvalue weighted by Crippen LogP contribution is -2.27. The molecule has 0 fully saturated rings. The van der Waals surface area contributed by atoms with E-state index in [1.54, 1.807) is 0 Å². The summed E-state index contributed by atoms with van der Waals surface area (Å²) >= 11 is 0. The average Bonchev–Trinajstić information content (AvgIpc) is 2.52. The molecule has 1 aliphatic carbocycles. The summed E-state index contributed by atoms with van der Waals surface area (Å²) in [5, 5.41) is 2.81. The SMILES string of the molecule is C=C(C)[C@@H]1CC=C(CNC(=O)OCc2ccccc2)CC1. The second-order valence-electron chi connectivity index (χ2n) is 5.60. The van der Waals surface area contributed by atoms with Crippen molar-refractivity contribution in [2.45, 2.75) is 32.8 Å². The monoisotopic (exact) mass is 285 g/mol. The molecule has 0 saturated carbocycles. The van der Waals surface area contributed by atoms with Gasteiger partial charge in [-0.2, -0.15) is 0 Å². The molecule has 1 N–H and O–H groups in total. The third-order valence-electron chi connectivity index (χ3n) is 3.87. The zero-order chi connectivity index (χ0) is 15.1. The molecule has 3 nitrogen and oxygen atoms in total. The maximum atomic E-state index is 11.7. The predicted octanol–water partition coefficient (Wildman–Crippen LogP) is 4.22. The maximum Gasteiger partial charge on any atom is 0.407 e. The van der Waals surface area contributed by atoms with Crippen LogP contribution >= 0.6 is 0 Å². The van der Waals surface area contributed by atoms with E-state index in [2.05, 4.69) is 24.9 Å². The van der Waals surface area contributed by atoms with Gasteiger partial charge in [0.25, 0.3) is 0 Å².